The van der Waals surface area contributed by atoms with Crippen molar-refractivity contribution in [3.05, 3.63) is 169 Å². The van der Waals surface area contributed by atoms with Crippen LogP contribution in [0.25, 0.3) is 0 Å². The lowest BCUT2D eigenvalue weighted by Gasteiger charge is -2.13. The highest BCUT2D eigenvalue weighted by Gasteiger charge is 2.05. The Labute approximate surface area is 302 Å². The van der Waals surface area contributed by atoms with Gasteiger partial charge in [-0.25, -0.2) is 0 Å². The van der Waals surface area contributed by atoms with E-state index in [1.165, 1.54) is 19.3 Å². The van der Waals surface area contributed by atoms with Gasteiger partial charge < -0.3 is 29.2 Å². The zero-order chi connectivity index (χ0) is 38.6. The quantitative estimate of drug-likeness (QED) is 0.0458. The molecule has 0 fully saturated rings. The van der Waals surface area contributed by atoms with Crippen molar-refractivity contribution in [3.8, 4) is 0 Å². The topological polar surface area (TPSA) is 102 Å². The second kappa shape index (κ2) is 35.3. The number of hydrogen-bond donors (Lipinski definition) is 2. The molecule has 50 heavy (non-hydrogen) atoms. The molecule has 0 saturated carbocycles. The molecule has 0 aliphatic heterocycles. The first-order valence-corrected chi connectivity index (χ1v) is 16.3. The second-order valence-electron chi connectivity index (χ2n) is 10.9. The average Bonchev–Trinajstić information content (AvgIpc) is 3.11. The summed E-state index contributed by atoms with van der Waals surface area (Å²) in [7, 11) is 1.57. The first-order valence-electron chi connectivity index (χ1n) is 16.3. The Hall–Kier alpha value is -4.98. The van der Waals surface area contributed by atoms with Gasteiger partial charge in [-0.2, -0.15) is 0 Å². The fourth-order valence-electron chi connectivity index (χ4n) is 3.24. The Morgan fingerprint density at radius 2 is 1.28 bits per heavy atom. The van der Waals surface area contributed by atoms with Crippen LogP contribution in [0.2, 0.25) is 0 Å². The number of carbonyl (C=O) groups is 2. The van der Waals surface area contributed by atoms with Gasteiger partial charge in [0.2, 0.25) is 0 Å². The molecule has 0 unspecified atom stereocenters. The molecule has 0 atom stereocenters. The van der Waals surface area contributed by atoms with Gasteiger partial charge in [0.05, 0.1) is 20.3 Å². The summed E-state index contributed by atoms with van der Waals surface area (Å²) in [4.78, 5) is 18.8. The number of ether oxygens (including phenoxy) is 3. The van der Waals surface area contributed by atoms with E-state index in [4.69, 9.17) is 29.2 Å². The second-order valence-corrected chi connectivity index (χ2v) is 10.9. The van der Waals surface area contributed by atoms with E-state index < -0.39 is 0 Å². The molecule has 0 aromatic rings. The number of unbranched alkanes of at least 4 members (excludes halogenated alkanes) is 4. The van der Waals surface area contributed by atoms with Gasteiger partial charge in [0.1, 0.15) is 30.7 Å². The Morgan fingerprint density at radius 3 is 1.80 bits per heavy atom. The SMILES string of the molecule is C=C(/C=C\C(=C)C(=C)/C=C\C(=C)OC)COC1=C(CCCCCCC)/C=C/C=C(OC=O)\C=C/C=C/C=C\1.C=C(C)CO.C=C(C)CO.C=O. The minimum atomic E-state index is 0.111. The number of rotatable bonds is 19. The van der Waals surface area contributed by atoms with Crippen LogP contribution in [0.3, 0.4) is 0 Å². The van der Waals surface area contributed by atoms with Gasteiger partial charge in [0.15, 0.2) is 0 Å². The number of aliphatic hydroxyl groups excluding tert-OH is 2. The largest absolute Gasteiger partial charge is 0.497 e. The van der Waals surface area contributed by atoms with E-state index in [-0.39, 0.29) is 13.2 Å². The molecule has 7 nitrogen and oxygen atoms in total. The first-order chi connectivity index (χ1) is 23.9. The van der Waals surface area contributed by atoms with Crippen LogP contribution in [-0.4, -0.2) is 50.4 Å². The highest BCUT2D eigenvalue weighted by atomic mass is 16.5. The van der Waals surface area contributed by atoms with Gasteiger partial charge >= 0.3 is 0 Å². The molecule has 1 rings (SSSR count). The van der Waals surface area contributed by atoms with Crippen molar-refractivity contribution in [2.24, 2.45) is 0 Å². The third-order valence-electron chi connectivity index (χ3n) is 6.07. The number of aliphatic hydroxyl groups is 2. The highest BCUT2D eigenvalue weighted by molar-refractivity contribution is 5.45. The summed E-state index contributed by atoms with van der Waals surface area (Å²) in [6.45, 7) is 31.5. The van der Waals surface area contributed by atoms with Crippen molar-refractivity contribution < 1.29 is 34.0 Å². The molecule has 0 bridgehead atoms. The van der Waals surface area contributed by atoms with E-state index in [9.17, 15) is 4.79 Å². The number of allylic oxidation sites excluding steroid dienone is 15. The van der Waals surface area contributed by atoms with Gasteiger partial charge in [0, 0.05) is 0 Å². The summed E-state index contributed by atoms with van der Waals surface area (Å²) < 4.78 is 16.3. The highest BCUT2D eigenvalue weighted by Crippen LogP contribution is 2.20. The van der Waals surface area contributed by atoms with E-state index in [0.29, 0.717) is 24.6 Å². The van der Waals surface area contributed by atoms with Crippen LogP contribution < -0.4 is 0 Å². The van der Waals surface area contributed by atoms with Crippen LogP contribution in [0.1, 0.15) is 59.3 Å². The maximum atomic E-state index is 10.8. The van der Waals surface area contributed by atoms with Crippen molar-refractivity contribution in [2.45, 2.75) is 59.3 Å². The summed E-state index contributed by atoms with van der Waals surface area (Å²) in [6, 6.07) is 0. The molecule has 0 spiro atoms. The molecular formula is C43H60O7. The zero-order valence-electron chi connectivity index (χ0n) is 30.8. The molecule has 0 saturated heterocycles. The summed E-state index contributed by atoms with van der Waals surface area (Å²) in [6.07, 6.45) is 30.9. The van der Waals surface area contributed by atoms with E-state index >= 15 is 0 Å². The maximum Gasteiger partial charge on any atom is 0.298 e. The fraction of sp³-hybridized carbons (Fsp3) is 0.302. The lowest BCUT2D eigenvalue weighted by Crippen LogP contribution is -1.99. The lowest BCUT2D eigenvalue weighted by molar-refractivity contribution is -0.124. The van der Waals surface area contributed by atoms with Gasteiger partial charge in [-0.1, -0.05) is 138 Å². The van der Waals surface area contributed by atoms with Crippen molar-refractivity contribution in [1.29, 1.82) is 0 Å². The Kier molecular flexibility index (Phi) is 34.9. The van der Waals surface area contributed by atoms with E-state index in [2.05, 4.69) is 46.4 Å². The molecule has 1 aliphatic carbocycles. The molecule has 7 heteroatoms. The minimum Gasteiger partial charge on any atom is -0.497 e. The van der Waals surface area contributed by atoms with Gasteiger partial charge in [-0.15, -0.1) is 0 Å². The predicted octanol–water partition coefficient (Wildman–Crippen LogP) is 9.78. The summed E-state index contributed by atoms with van der Waals surface area (Å²) >= 11 is 0. The van der Waals surface area contributed by atoms with Gasteiger partial charge in [0.25, 0.3) is 6.47 Å². The standard InChI is InChI=1S/C34H42O4.2C4H8O.CH2O/c1-7-8-9-10-13-17-32-18-16-20-33(38-27-35)19-14-11-12-15-21-34(32)37-26-28(2)22-23-29(3)30(4)24-25-31(5)36-6;2*1-4(2)3-5;1-2/h11-12,14-16,18-25,27H,2-5,7-10,13,17,26H2,1,6H3;2*5H,1,3H2,2H3;1H2/b12-11+,14-11?,15-12?,18-16+,19-14-,20-16?,21-15-,23-22-,25-24-,32-18?,33-19?,33-20+,34-21?,34-32+;;;. The summed E-state index contributed by atoms with van der Waals surface area (Å²) in [5, 5.41) is 16.1. The lowest BCUT2D eigenvalue weighted by atomic mass is 10.0. The third-order valence-corrected chi connectivity index (χ3v) is 6.07. The molecule has 0 aromatic heterocycles. The first kappa shape index (κ1) is 49.4. The Balaban J connectivity index is -0.00000158. The Bertz CT molecular complexity index is 1300. The third kappa shape index (κ3) is 31.6. The minimum absolute atomic E-state index is 0.111. The van der Waals surface area contributed by atoms with Crippen LogP contribution in [0.5, 0.6) is 0 Å². The fourth-order valence-corrected chi connectivity index (χ4v) is 3.24. The molecule has 2 N–H and O–H groups in total. The average molecular weight is 689 g/mol. The normalized spacial score (nSPS) is 17.0. The van der Waals surface area contributed by atoms with Crippen LogP contribution >= 0.6 is 0 Å². The summed E-state index contributed by atoms with van der Waals surface area (Å²) in [5.74, 6) is 1.77. The van der Waals surface area contributed by atoms with Gasteiger partial charge in [-0.3, -0.25) is 4.79 Å². The molecule has 0 aromatic carbocycles. The molecule has 274 valence electrons. The zero-order valence-corrected chi connectivity index (χ0v) is 30.8. The molecule has 0 radical (unpaired) electrons. The van der Waals surface area contributed by atoms with Crippen molar-refractivity contribution in [3.63, 3.8) is 0 Å². The van der Waals surface area contributed by atoms with Crippen LogP contribution in [0.4, 0.5) is 0 Å². The van der Waals surface area contributed by atoms with Gasteiger partial charge in [-0.05, 0) is 73.3 Å². The molecule has 0 heterocycles. The molecular weight excluding hydrogens is 628 g/mol. The number of carbonyl (C=O) groups excluding carboxylic acids is 2. The summed E-state index contributed by atoms with van der Waals surface area (Å²) in [5.41, 5.74) is 4.99. The number of hydrogen-bond acceptors (Lipinski definition) is 7. The van der Waals surface area contributed by atoms with E-state index in [1.807, 2.05) is 61.5 Å². The smallest absolute Gasteiger partial charge is 0.298 e. The molecule has 0 amide bonds. The molecule has 1 aliphatic rings. The van der Waals surface area contributed by atoms with Crippen LogP contribution in [0.15, 0.2) is 169 Å². The van der Waals surface area contributed by atoms with Crippen LogP contribution in [0, 0.1) is 0 Å². The number of methoxy groups -OCH3 is 1. The van der Waals surface area contributed by atoms with Crippen molar-refractivity contribution >= 4 is 13.3 Å². The predicted molar refractivity (Wildman–Crippen MR) is 211 cm³/mol. The van der Waals surface area contributed by atoms with Crippen molar-refractivity contribution in [1.82, 2.24) is 0 Å². The Morgan fingerprint density at radius 1 is 0.740 bits per heavy atom. The van der Waals surface area contributed by atoms with E-state index in [0.717, 1.165) is 58.5 Å². The van der Waals surface area contributed by atoms with Crippen LogP contribution in [-0.2, 0) is 23.8 Å². The van der Waals surface area contributed by atoms with E-state index in [1.54, 1.807) is 45.3 Å². The van der Waals surface area contributed by atoms with Crippen molar-refractivity contribution in [2.75, 3.05) is 26.9 Å². The monoisotopic (exact) mass is 688 g/mol. The maximum absolute atomic E-state index is 10.8.